The number of hydrogen-bond acceptors (Lipinski definition) is 5. The van der Waals surface area contributed by atoms with Crippen LogP contribution in [-0.2, 0) is 6.42 Å². The Balaban J connectivity index is 2.00. The van der Waals surface area contributed by atoms with Crippen LogP contribution in [0.25, 0.3) is 22.3 Å². The number of carbonyl (C=O) groups is 1. The molecule has 0 aliphatic heterocycles. The molecule has 0 unspecified atom stereocenters. The molecule has 0 aliphatic rings. The molecule has 0 aliphatic carbocycles. The maximum atomic E-state index is 10.6. The molecule has 1 aromatic heterocycles. The Kier molecular flexibility index (Phi) is 5.27. The van der Waals surface area contributed by atoms with E-state index in [0.717, 1.165) is 27.0 Å². The number of carboxylic acid groups (broad SMARTS) is 1. The number of rotatable bonds is 6. The van der Waals surface area contributed by atoms with Gasteiger partial charge in [0.05, 0.1) is 12.0 Å². The van der Waals surface area contributed by atoms with Crippen molar-refractivity contribution in [3.8, 4) is 22.8 Å². The van der Waals surface area contributed by atoms with Crippen LogP contribution < -0.4 is 10.1 Å². The first-order chi connectivity index (χ1) is 12.5. The molecule has 3 aromatic rings. The number of thioether (sulfide) groups is 1. The number of fused-ring (bicyclic) bond motifs is 1. The topological polar surface area (TPSA) is 91.9 Å². The second-order valence-electron chi connectivity index (χ2n) is 5.66. The van der Waals surface area contributed by atoms with E-state index in [1.807, 2.05) is 24.5 Å². The van der Waals surface area contributed by atoms with Crippen LogP contribution in [-0.4, -0.2) is 36.2 Å². The minimum atomic E-state index is -1.03. The SMILES string of the molecule is COc1cc(-c2oc3ccc(CCNC(=O)O)cc3c2SC)ccc1O. The zero-order valence-electron chi connectivity index (χ0n) is 14.4. The maximum absolute atomic E-state index is 10.6. The molecular formula is C19H19NO5S. The molecule has 6 nitrogen and oxygen atoms in total. The lowest BCUT2D eigenvalue weighted by atomic mass is 10.1. The van der Waals surface area contributed by atoms with Gasteiger partial charge in [-0.25, -0.2) is 4.79 Å². The van der Waals surface area contributed by atoms with E-state index in [9.17, 15) is 9.90 Å². The van der Waals surface area contributed by atoms with Crippen LogP contribution in [0.4, 0.5) is 4.79 Å². The lowest BCUT2D eigenvalue weighted by Gasteiger charge is -2.06. The van der Waals surface area contributed by atoms with Gasteiger partial charge in [0.1, 0.15) is 11.3 Å². The zero-order chi connectivity index (χ0) is 18.7. The fraction of sp³-hybridized carbons (Fsp3) is 0.211. The van der Waals surface area contributed by atoms with Crippen molar-refractivity contribution in [1.82, 2.24) is 5.32 Å². The molecule has 136 valence electrons. The molecule has 3 N–H and O–H groups in total. The summed E-state index contributed by atoms with van der Waals surface area (Å²) in [6.07, 6.45) is 1.55. The third kappa shape index (κ3) is 3.57. The van der Waals surface area contributed by atoms with Gasteiger partial charge in [-0.3, -0.25) is 0 Å². The molecule has 1 amide bonds. The Hall–Kier alpha value is -2.80. The summed E-state index contributed by atoms with van der Waals surface area (Å²) in [6, 6.07) is 11.0. The second-order valence-corrected chi connectivity index (χ2v) is 6.48. The first-order valence-corrected chi connectivity index (χ1v) is 9.19. The standard InChI is InChI=1S/C19H19NO5S/c1-24-16-10-12(4-5-14(16)21)17-18(26-2)13-9-11(3-6-15(13)25-17)7-8-20-19(22)23/h3-6,9-10,20-21H,7-8H2,1-2H3,(H,22,23). The molecule has 1 heterocycles. The van der Waals surface area contributed by atoms with E-state index in [4.69, 9.17) is 14.3 Å². The predicted octanol–water partition coefficient (Wildman–Crippen LogP) is 4.35. The van der Waals surface area contributed by atoms with Crippen LogP contribution >= 0.6 is 11.8 Å². The number of nitrogens with one attached hydrogen (secondary N) is 1. The van der Waals surface area contributed by atoms with Crippen LogP contribution in [0.3, 0.4) is 0 Å². The molecule has 0 atom stereocenters. The van der Waals surface area contributed by atoms with Crippen molar-refractivity contribution in [3.63, 3.8) is 0 Å². The highest BCUT2D eigenvalue weighted by Gasteiger charge is 2.17. The number of phenolic OH excluding ortho intramolecular Hbond substituents is 1. The highest BCUT2D eigenvalue weighted by molar-refractivity contribution is 7.99. The number of aromatic hydroxyl groups is 1. The van der Waals surface area contributed by atoms with Gasteiger partial charge in [-0.1, -0.05) is 6.07 Å². The molecule has 0 saturated heterocycles. The van der Waals surface area contributed by atoms with Gasteiger partial charge in [0, 0.05) is 17.5 Å². The second kappa shape index (κ2) is 7.61. The molecule has 2 aromatic carbocycles. The normalized spacial score (nSPS) is 10.8. The Bertz CT molecular complexity index is 950. The van der Waals surface area contributed by atoms with Crippen LogP contribution in [0.15, 0.2) is 45.7 Å². The van der Waals surface area contributed by atoms with Crippen molar-refractivity contribution in [2.45, 2.75) is 11.3 Å². The Morgan fingerprint density at radius 3 is 2.77 bits per heavy atom. The number of methoxy groups -OCH3 is 1. The third-order valence-corrected chi connectivity index (χ3v) is 4.86. The Morgan fingerprint density at radius 2 is 2.08 bits per heavy atom. The van der Waals surface area contributed by atoms with Crippen LogP contribution in [0.2, 0.25) is 0 Å². The Labute approximate surface area is 154 Å². The van der Waals surface area contributed by atoms with Gasteiger partial charge < -0.3 is 24.7 Å². The highest BCUT2D eigenvalue weighted by Crippen LogP contribution is 2.41. The van der Waals surface area contributed by atoms with E-state index in [2.05, 4.69) is 5.32 Å². The fourth-order valence-corrected chi connectivity index (χ4v) is 3.53. The van der Waals surface area contributed by atoms with Gasteiger partial charge in [0.15, 0.2) is 11.5 Å². The summed E-state index contributed by atoms with van der Waals surface area (Å²) in [4.78, 5) is 11.6. The van der Waals surface area contributed by atoms with Crippen molar-refractivity contribution >= 4 is 28.8 Å². The largest absolute Gasteiger partial charge is 0.504 e. The molecule has 0 fully saturated rings. The molecule has 0 bridgehead atoms. The number of benzene rings is 2. The van der Waals surface area contributed by atoms with Gasteiger partial charge in [-0.05, 0) is 48.6 Å². The smallest absolute Gasteiger partial charge is 0.404 e. The summed E-state index contributed by atoms with van der Waals surface area (Å²) >= 11 is 1.57. The van der Waals surface area contributed by atoms with Crippen LogP contribution in [0, 0.1) is 0 Å². The Morgan fingerprint density at radius 1 is 1.27 bits per heavy atom. The molecular weight excluding hydrogens is 354 g/mol. The van der Waals surface area contributed by atoms with E-state index < -0.39 is 6.09 Å². The van der Waals surface area contributed by atoms with E-state index in [1.54, 1.807) is 30.0 Å². The molecule has 26 heavy (non-hydrogen) atoms. The lowest BCUT2D eigenvalue weighted by Crippen LogP contribution is -2.23. The van der Waals surface area contributed by atoms with Crippen molar-refractivity contribution < 1.29 is 24.2 Å². The first-order valence-electron chi connectivity index (χ1n) is 7.97. The van der Waals surface area contributed by atoms with Crippen molar-refractivity contribution in [2.24, 2.45) is 0 Å². The minimum Gasteiger partial charge on any atom is -0.504 e. The van der Waals surface area contributed by atoms with E-state index in [0.29, 0.717) is 24.5 Å². The van der Waals surface area contributed by atoms with E-state index in [1.165, 1.54) is 7.11 Å². The highest BCUT2D eigenvalue weighted by atomic mass is 32.2. The van der Waals surface area contributed by atoms with Crippen molar-refractivity contribution in [1.29, 1.82) is 0 Å². The number of phenols is 1. The van der Waals surface area contributed by atoms with Crippen LogP contribution in [0.5, 0.6) is 11.5 Å². The lowest BCUT2D eigenvalue weighted by molar-refractivity contribution is 0.194. The van der Waals surface area contributed by atoms with Gasteiger partial charge in [-0.15, -0.1) is 11.8 Å². The average Bonchev–Trinajstić information content (AvgIpc) is 2.99. The van der Waals surface area contributed by atoms with Crippen molar-refractivity contribution in [2.75, 3.05) is 19.9 Å². The monoisotopic (exact) mass is 373 g/mol. The predicted molar refractivity (Wildman–Crippen MR) is 101 cm³/mol. The van der Waals surface area contributed by atoms with Crippen LogP contribution in [0.1, 0.15) is 5.56 Å². The minimum absolute atomic E-state index is 0.0753. The van der Waals surface area contributed by atoms with Crippen molar-refractivity contribution in [3.05, 3.63) is 42.0 Å². The fourth-order valence-electron chi connectivity index (χ4n) is 2.80. The third-order valence-electron chi connectivity index (χ3n) is 4.04. The summed E-state index contributed by atoms with van der Waals surface area (Å²) in [5.74, 6) is 1.17. The summed E-state index contributed by atoms with van der Waals surface area (Å²) in [7, 11) is 1.50. The molecule has 3 rings (SSSR count). The number of amides is 1. The summed E-state index contributed by atoms with van der Waals surface area (Å²) in [5.41, 5.74) is 2.60. The number of furan rings is 1. The number of ether oxygens (including phenoxy) is 1. The molecule has 0 radical (unpaired) electrons. The quantitative estimate of drug-likeness (QED) is 0.557. The van der Waals surface area contributed by atoms with Gasteiger partial charge in [-0.2, -0.15) is 0 Å². The van der Waals surface area contributed by atoms with E-state index >= 15 is 0 Å². The first kappa shape index (κ1) is 18.0. The van der Waals surface area contributed by atoms with Gasteiger partial charge >= 0.3 is 6.09 Å². The summed E-state index contributed by atoms with van der Waals surface area (Å²) in [6.45, 7) is 0.356. The molecule has 0 spiro atoms. The average molecular weight is 373 g/mol. The molecule has 0 saturated carbocycles. The zero-order valence-corrected chi connectivity index (χ0v) is 15.2. The molecule has 7 heteroatoms. The summed E-state index contributed by atoms with van der Waals surface area (Å²) < 4.78 is 11.2. The van der Waals surface area contributed by atoms with Gasteiger partial charge in [0.2, 0.25) is 0 Å². The van der Waals surface area contributed by atoms with Gasteiger partial charge in [0.25, 0.3) is 0 Å². The number of hydrogen-bond donors (Lipinski definition) is 3. The maximum Gasteiger partial charge on any atom is 0.404 e. The van der Waals surface area contributed by atoms with E-state index in [-0.39, 0.29) is 5.75 Å². The summed E-state index contributed by atoms with van der Waals surface area (Å²) in [5, 5.41) is 21.8.